The van der Waals surface area contributed by atoms with Crippen molar-refractivity contribution >= 4 is 41.1 Å². The number of rotatable bonds is 10. The van der Waals surface area contributed by atoms with Crippen LogP contribution in [0, 0.1) is 16.0 Å². The molecule has 1 amide bonds. The molecule has 9 nitrogen and oxygen atoms in total. The van der Waals surface area contributed by atoms with Crippen LogP contribution < -0.4 is 0 Å². The van der Waals surface area contributed by atoms with E-state index in [0.717, 1.165) is 30.3 Å². The van der Waals surface area contributed by atoms with Crippen LogP contribution in [0.15, 0.2) is 46.9 Å². The number of non-ortho nitro benzene ring substituents is 1. The molecular weight excluding hydrogens is 478 g/mol. The van der Waals surface area contributed by atoms with Crippen LogP contribution >= 0.6 is 23.5 Å². The van der Waals surface area contributed by atoms with E-state index in [-0.39, 0.29) is 34.5 Å². The number of amides is 1. The van der Waals surface area contributed by atoms with Gasteiger partial charge in [-0.3, -0.25) is 24.7 Å². The SMILES string of the molecule is C=CCN1CC[C@H](SC2=C(C(=O)OCc3ccc([N+](=O)[O-])cc3)N3C(=O)[C@@H]([C@@H](O)CC)[C@H]3S2)C1. The number of aliphatic hydroxyl groups excluding tert-OH is 1. The van der Waals surface area contributed by atoms with Gasteiger partial charge >= 0.3 is 5.97 Å². The van der Waals surface area contributed by atoms with Gasteiger partial charge in [-0.1, -0.05) is 24.8 Å². The van der Waals surface area contributed by atoms with Crippen LogP contribution in [-0.2, 0) is 20.9 Å². The first-order valence-corrected chi connectivity index (χ1v) is 12.9. The number of ether oxygens (including phenoxy) is 1. The lowest BCUT2D eigenvalue weighted by molar-refractivity contribution is -0.384. The second kappa shape index (κ2) is 10.5. The van der Waals surface area contributed by atoms with Crippen molar-refractivity contribution in [3.05, 3.63) is 62.5 Å². The fourth-order valence-electron chi connectivity index (χ4n) is 4.31. The number of likely N-dealkylation sites (tertiary alicyclic amines) is 1. The predicted octanol–water partition coefficient (Wildman–Crippen LogP) is 3.10. The van der Waals surface area contributed by atoms with Crippen molar-refractivity contribution in [2.45, 2.75) is 43.1 Å². The zero-order valence-electron chi connectivity index (χ0n) is 18.8. The summed E-state index contributed by atoms with van der Waals surface area (Å²) in [7, 11) is 0. The van der Waals surface area contributed by atoms with E-state index in [1.165, 1.54) is 40.9 Å². The van der Waals surface area contributed by atoms with Gasteiger partial charge in [-0.2, -0.15) is 0 Å². The highest BCUT2D eigenvalue weighted by Crippen LogP contribution is 2.55. The summed E-state index contributed by atoms with van der Waals surface area (Å²) in [6.45, 7) is 8.18. The Morgan fingerprint density at radius 3 is 2.82 bits per heavy atom. The van der Waals surface area contributed by atoms with Gasteiger partial charge in [0.05, 0.1) is 21.2 Å². The molecule has 3 aliphatic rings. The number of thioether (sulfide) groups is 2. The van der Waals surface area contributed by atoms with Crippen LogP contribution in [0.5, 0.6) is 0 Å². The minimum absolute atomic E-state index is 0.0414. The summed E-state index contributed by atoms with van der Waals surface area (Å²) in [5.74, 6) is -1.40. The molecular formula is C23H27N3O6S2. The largest absolute Gasteiger partial charge is 0.456 e. The number of carbonyl (C=O) groups is 2. The number of β-lactam (4-membered cyclic amide) rings is 1. The Bertz CT molecular complexity index is 1010. The van der Waals surface area contributed by atoms with E-state index in [1.807, 2.05) is 13.0 Å². The molecule has 0 radical (unpaired) electrons. The van der Waals surface area contributed by atoms with Gasteiger partial charge in [-0.05, 0) is 37.1 Å². The number of hydrogen-bond donors (Lipinski definition) is 1. The van der Waals surface area contributed by atoms with Crippen LogP contribution in [0.25, 0.3) is 0 Å². The molecule has 4 rings (SSSR count). The molecule has 0 unspecified atom stereocenters. The molecule has 2 saturated heterocycles. The van der Waals surface area contributed by atoms with Crippen molar-refractivity contribution in [1.29, 1.82) is 0 Å². The van der Waals surface area contributed by atoms with Crippen molar-refractivity contribution in [2.75, 3.05) is 19.6 Å². The Hall–Kier alpha value is -2.34. The van der Waals surface area contributed by atoms with Gasteiger partial charge in [-0.25, -0.2) is 4.79 Å². The van der Waals surface area contributed by atoms with E-state index >= 15 is 0 Å². The van der Waals surface area contributed by atoms with Crippen molar-refractivity contribution < 1.29 is 24.4 Å². The third kappa shape index (κ3) is 4.88. The highest BCUT2D eigenvalue weighted by atomic mass is 32.2. The standard InChI is InChI=1S/C23H27N3O6S2/c1-3-10-24-11-9-16(12-24)33-23-19(25-20(28)18(17(27)4-2)21(25)34-23)22(29)32-13-14-5-7-15(8-6-14)26(30)31/h3,5-8,16-18,21,27H,1,4,9-13H2,2H3/t16-,17-,18+,21+/m0/s1. The Morgan fingerprint density at radius 2 is 2.18 bits per heavy atom. The normalized spacial score (nSPS) is 25.2. The lowest BCUT2D eigenvalue weighted by Crippen LogP contribution is -2.61. The summed E-state index contributed by atoms with van der Waals surface area (Å²) < 4.78 is 6.27. The number of esters is 1. The summed E-state index contributed by atoms with van der Waals surface area (Å²) in [4.78, 5) is 40.1. The first-order valence-electron chi connectivity index (χ1n) is 11.2. The number of nitro groups is 1. The molecule has 0 aliphatic carbocycles. The van der Waals surface area contributed by atoms with E-state index in [1.54, 1.807) is 11.8 Å². The third-order valence-electron chi connectivity index (χ3n) is 6.18. The van der Waals surface area contributed by atoms with Gasteiger partial charge in [0.15, 0.2) is 5.70 Å². The number of aliphatic hydroxyl groups is 1. The van der Waals surface area contributed by atoms with Crippen molar-refractivity contribution in [3.8, 4) is 0 Å². The van der Waals surface area contributed by atoms with Crippen LogP contribution in [-0.4, -0.2) is 68.1 Å². The second-order valence-electron chi connectivity index (χ2n) is 8.43. The lowest BCUT2D eigenvalue weighted by atomic mass is 9.90. The Labute approximate surface area is 206 Å². The van der Waals surface area contributed by atoms with E-state index < -0.39 is 22.9 Å². The van der Waals surface area contributed by atoms with Gasteiger partial charge in [-0.15, -0.1) is 18.3 Å². The molecule has 4 atom stereocenters. The topological polar surface area (TPSA) is 113 Å². The average molecular weight is 506 g/mol. The van der Waals surface area contributed by atoms with Gasteiger partial charge in [0.2, 0.25) is 5.91 Å². The van der Waals surface area contributed by atoms with Crippen molar-refractivity contribution in [3.63, 3.8) is 0 Å². The summed E-state index contributed by atoms with van der Waals surface area (Å²) >= 11 is 3.05. The Kier molecular flexibility index (Phi) is 7.66. The van der Waals surface area contributed by atoms with E-state index in [2.05, 4.69) is 11.5 Å². The highest BCUT2D eigenvalue weighted by Gasteiger charge is 2.58. The Morgan fingerprint density at radius 1 is 1.44 bits per heavy atom. The molecule has 182 valence electrons. The molecule has 2 fully saturated rings. The van der Waals surface area contributed by atoms with Gasteiger partial charge in [0.25, 0.3) is 5.69 Å². The molecule has 34 heavy (non-hydrogen) atoms. The number of benzene rings is 1. The molecule has 11 heteroatoms. The first-order chi connectivity index (χ1) is 16.3. The summed E-state index contributed by atoms with van der Waals surface area (Å²) in [6.07, 6.45) is 2.55. The van der Waals surface area contributed by atoms with Gasteiger partial charge in [0.1, 0.15) is 12.0 Å². The van der Waals surface area contributed by atoms with Crippen LogP contribution in [0.1, 0.15) is 25.3 Å². The number of hydrogen-bond acceptors (Lipinski definition) is 9. The van der Waals surface area contributed by atoms with E-state index in [0.29, 0.717) is 12.0 Å². The monoisotopic (exact) mass is 505 g/mol. The summed E-state index contributed by atoms with van der Waals surface area (Å²) in [6, 6.07) is 5.79. The minimum Gasteiger partial charge on any atom is -0.456 e. The molecule has 1 N–H and O–H groups in total. The van der Waals surface area contributed by atoms with E-state index in [4.69, 9.17) is 4.74 Å². The first kappa shape index (κ1) is 24.8. The summed E-state index contributed by atoms with van der Waals surface area (Å²) in [5, 5.41) is 21.1. The van der Waals surface area contributed by atoms with Crippen LogP contribution in [0.3, 0.4) is 0 Å². The summed E-state index contributed by atoms with van der Waals surface area (Å²) in [5.41, 5.74) is 0.815. The Balaban J connectivity index is 1.49. The molecule has 3 heterocycles. The zero-order chi connectivity index (χ0) is 24.4. The highest BCUT2D eigenvalue weighted by molar-refractivity contribution is 8.23. The van der Waals surface area contributed by atoms with Gasteiger partial charge in [0, 0.05) is 30.5 Å². The molecule has 1 aromatic rings. The quantitative estimate of drug-likeness (QED) is 0.168. The maximum atomic E-state index is 13.1. The predicted molar refractivity (Wildman–Crippen MR) is 131 cm³/mol. The molecule has 0 aromatic heterocycles. The molecule has 0 saturated carbocycles. The average Bonchev–Trinajstić information content (AvgIpc) is 3.40. The smallest absolute Gasteiger partial charge is 0.357 e. The van der Waals surface area contributed by atoms with Crippen LogP contribution in [0.2, 0.25) is 0 Å². The fourth-order valence-corrected chi connectivity index (χ4v) is 7.61. The third-order valence-corrected chi connectivity index (χ3v) is 9.04. The number of nitro benzene ring substituents is 1. The minimum atomic E-state index is -0.752. The molecule has 3 aliphatic heterocycles. The van der Waals surface area contributed by atoms with Crippen LogP contribution in [0.4, 0.5) is 5.69 Å². The number of fused-ring (bicyclic) bond motifs is 1. The number of carbonyl (C=O) groups excluding carboxylic acids is 2. The lowest BCUT2D eigenvalue weighted by Gasteiger charge is -2.44. The maximum Gasteiger partial charge on any atom is 0.357 e. The molecule has 0 spiro atoms. The van der Waals surface area contributed by atoms with E-state index in [9.17, 15) is 24.8 Å². The molecule has 1 aromatic carbocycles. The van der Waals surface area contributed by atoms with Crippen molar-refractivity contribution in [1.82, 2.24) is 9.80 Å². The fraction of sp³-hybridized carbons (Fsp3) is 0.478. The van der Waals surface area contributed by atoms with Crippen molar-refractivity contribution in [2.24, 2.45) is 5.92 Å². The second-order valence-corrected chi connectivity index (χ2v) is 11.1. The zero-order valence-corrected chi connectivity index (χ0v) is 20.4. The maximum absolute atomic E-state index is 13.1. The number of nitrogens with zero attached hydrogens (tertiary/aromatic N) is 3. The van der Waals surface area contributed by atoms with Gasteiger partial charge < -0.3 is 9.84 Å². The molecule has 0 bridgehead atoms.